The van der Waals surface area contributed by atoms with E-state index in [4.69, 9.17) is 5.11 Å². The Balaban J connectivity index is 1.86. The minimum atomic E-state index is -0.885. The highest BCUT2D eigenvalue weighted by atomic mass is 32.1. The number of carboxylic acids is 1. The SMILES string of the molecule is Cc1cc(F)ccc1CCNc1nc(CC(=O)O)cs1. The van der Waals surface area contributed by atoms with E-state index in [0.29, 0.717) is 17.4 Å². The first kappa shape index (κ1) is 14.5. The zero-order valence-electron chi connectivity index (χ0n) is 11.0. The Hall–Kier alpha value is -1.95. The third-order valence-corrected chi connectivity index (χ3v) is 3.71. The van der Waals surface area contributed by atoms with Gasteiger partial charge in [-0.25, -0.2) is 9.37 Å². The first-order valence-electron chi connectivity index (χ1n) is 6.19. The zero-order valence-corrected chi connectivity index (χ0v) is 11.8. The van der Waals surface area contributed by atoms with Gasteiger partial charge < -0.3 is 10.4 Å². The van der Waals surface area contributed by atoms with Crippen LogP contribution in [0.25, 0.3) is 0 Å². The Bertz CT molecular complexity index is 613. The highest BCUT2D eigenvalue weighted by Crippen LogP contribution is 2.16. The van der Waals surface area contributed by atoms with Crippen molar-refractivity contribution >= 4 is 22.4 Å². The van der Waals surface area contributed by atoms with Crippen LogP contribution < -0.4 is 5.32 Å². The van der Waals surface area contributed by atoms with E-state index in [9.17, 15) is 9.18 Å². The fraction of sp³-hybridized carbons (Fsp3) is 0.286. The minimum Gasteiger partial charge on any atom is -0.481 e. The lowest BCUT2D eigenvalue weighted by atomic mass is 10.1. The van der Waals surface area contributed by atoms with Crippen LogP contribution >= 0.6 is 11.3 Å². The molecule has 6 heteroatoms. The summed E-state index contributed by atoms with van der Waals surface area (Å²) in [6.45, 7) is 2.55. The molecule has 0 saturated heterocycles. The molecule has 0 aliphatic carbocycles. The van der Waals surface area contributed by atoms with E-state index in [1.807, 2.05) is 6.92 Å². The molecular formula is C14H15FN2O2S. The van der Waals surface area contributed by atoms with Gasteiger partial charge in [0.05, 0.1) is 12.1 Å². The number of halogens is 1. The number of hydrogen-bond donors (Lipinski definition) is 2. The maximum Gasteiger partial charge on any atom is 0.309 e. The standard InChI is InChI=1S/C14H15FN2O2S/c1-9-6-11(15)3-2-10(9)4-5-16-14-17-12(8-20-14)7-13(18)19/h2-3,6,8H,4-5,7H2,1H3,(H,16,17)(H,18,19). The Kier molecular flexibility index (Phi) is 4.68. The summed E-state index contributed by atoms with van der Waals surface area (Å²) in [4.78, 5) is 14.7. The lowest BCUT2D eigenvalue weighted by Gasteiger charge is -2.06. The summed E-state index contributed by atoms with van der Waals surface area (Å²) in [5.74, 6) is -1.11. The molecule has 0 atom stereocenters. The molecular weight excluding hydrogens is 279 g/mol. The van der Waals surface area contributed by atoms with Gasteiger partial charge in [0.2, 0.25) is 0 Å². The number of carboxylic acid groups (broad SMARTS) is 1. The van der Waals surface area contributed by atoms with E-state index in [1.54, 1.807) is 11.4 Å². The summed E-state index contributed by atoms with van der Waals surface area (Å²) in [6.07, 6.45) is 0.704. The van der Waals surface area contributed by atoms with E-state index in [-0.39, 0.29) is 12.2 Å². The van der Waals surface area contributed by atoms with Crippen LogP contribution in [0.4, 0.5) is 9.52 Å². The maximum atomic E-state index is 13.0. The van der Waals surface area contributed by atoms with Crippen molar-refractivity contribution in [1.29, 1.82) is 0 Å². The Morgan fingerprint density at radius 2 is 2.30 bits per heavy atom. The van der Waals surface area contributed by atoms with Crippen LogP contribution in [0.2, 0.25) is 0 Å². The number of anilines is 1. The van der Waals surface area contributed by atoms with Crippen LogP contribution in [0.3, 0.4) is 0 Å². The number of aromatic nitrogens is 1. The molecule has 0 saturated carbocycles. The second kappa shape index (κ2) is 6.47. The number of rotatable bonds is 6. The van der Waals surface area contributed by atoms with E-state index in [0.717, 1.165) is 17.5 Å². The van der Waals surface area contributed by atoms with Crippen LogP contribution in [0.5, 0.6) is 0 Å². The molecule has 1 heterocycles. The van der Waals surface area contributed by atoms with Crippen molar-refractivity contribution in [3.05, 3.63) is 46.2 Å². The molecule has 0 fully saturated rings. The highest BCUT2D eigenvalue weighted by molar-refractivity contribution is 7.13. The first-order valence-corrected chi connectivity index (χ1v) is 7.07. The third kappa shape index (κ3) is 4.03. The number of nitrogens with one attached hydrogen (secondary N) is 1. The average Bonchev–Trinajstić information content (AvgIpc) is 2.79. The summed E-state index contributed by atoms with van der Waals surface area (Å²) < 4.78 is 13.0. The molecule has 1 aromatic carbocycles. The average molecular weight is 294 g/mol. The van der Waals surface area contributed by atoms with Gasteiger partial charge in [-0.05, 0) is 36.6 Å². The van der Waals surface area contributed by atoms with Crippen molar-refractivity contribution in [2.24, 2.45) is 0 Å². The monoisotopic (exact) mass is 294 g/mol. The number of benzene rings is 1. The van der Waals surface area contributed by atoms with Crippen molar-refractivity contribution in [2.45, 2.75) is 19.8 Å². The van der Waals surface area contributed by atoms with Crippen LogP contribution in [-0.4, -0.2) is 22.6 Å². The molecule has 0 spiro atoms. The molecule has 106 valence electrons. The van der Waals surface area contributed by atoms with Gasteiger partial charge in [-0.2, -0.15) is 0 Å². The number of aliphatic carboxylic acids is 1. The van der Waals surface area contributed by atoms with Crippen LogP contribution in [0.1, 0.15) is 16.8 Å². The molecule has 0 aliphatic heterocycles. The molecule has 2 N–H and O–H groups in total. The van der Waals surface area contributed by atoms with Gasteiger partial charge >= 0.3 is 5.97 Å². The molecule has 20 heavy (non-hydrogen) atoms. The van der Waals surface area contributed by atoms with Gasteiger partial charge in [0.1, 0.15) is 5.82 Å². The smallest absolute Gasteiger partial charge is 0.309 e. The van der Waals surface area contributed by atoms with Crippen molar-refractivity contribution in [3.63, 3.8) is 0 Å². The third-order valence-electron chi connectivity index (χ3n) is 2.86. The number of carbonyl (C=O) groups is 1. The number of hydrogen-bond acceptors (Lipinski definition) is 4. The lowest BCUT2D eigenvalue weighted by Crippen LogP contribution is -2.06. The Morgan fingerprint density at radius 1 is 1.50 bits per heavy atom. The maximum absolute atomic E-state index is 13.0. The second-order valence-corrected chi connectivity index (χ2v) is 5.32. The van der Waals surface area contributed by atoms with Crippen molar-refractivity contribution in [1.82, 2.24) is 4.98 Å². The largest absolute Gasteiger partial charge is 0.481 e. The number of aryl methyl sites for hydroxylation is 1. The summed E-state index contributed by atoms with van der Waals surface area (Å²) in [6, 6.07) is 4.75. The van der Waals surface area contributed by atoms with Gasteiger partial charge in [-0.15, -0.1) is 11.3 Å². The predicted octanol–water partition coefficient (Wildman–Crippen LogP) is 2.87. The molecule has 0 aliphatic rings. The first-order chi connectivity index (χ1) is 9.54. The summed E-state index contributed by atoms with van der Waals surface area (Å²) in [5.41, 5.74) is 2.57. The topological polar surface area (TPSA) is 62.2 Å². The van der Waals surface area contributed by atoms with E-state index in [1.165, 1.54) is 23.5 Å². The number of nitrogens with zero attached hydrogens (tertiary/aromatic N) is 1. The van der Waals surface area contributed by atoms with Crippen molar-refractivity contribution in [2.75, 3.05) is 11.9 Å². The number of thiazole rings is 1. The van der Waals surface area contributed by atoms with Crippen LogP contribution in [-0.2, 0) is 17.6 Å². The fourth-order valence-corrected chi connectivity index (χ4v) is 2.61. The lowest BCUT2D eigenvalue weighted by molar-refractivity contribution is -0.136. The predicted molar refractivity (Wildman–Crippen MR) is 76.8 cm³/mol. The molecule has 0 unspecified atom stereocenters. The van der Waals surface area contributed by atoms with Gasteiger partial charge in [-0.3, -0.25) is 4.79 Å². The van der Waals surface area contributed by atoms with E-state index < -0.39 is 5.97 Å². The van der Waals surface area contributed by atoms with Gasteiger partial charge in [0.15, 0.2) is 5.13 Å². The van der Waals surface area contributed by atoms with Gasteiger partial charge in [0.25, 0.3) is 0 Å². The molecule has 0 amide bonds. The second-order valence-electron chi connectivity index (χ2n) is 4.46. The van der Waals surface area contributed by atoms with Crippen molar-refractivity contribution in [3.8, 4) is 0 Å². The zero-order chi connectivity index (χ0) is 14.5. The Labute approximate surface area is 120 Å². The van der Waals surface area contributed by atoms with E-state index >= 15 is 0 Å². The molecule has 4 nitrogen and oxygen atoms in total. The van der Waals surface area contributed by atoms with E-state index in [2.05, 4.69) is 10.3 Å². The normalized spacial score (nSPS) is 10.5. The summed E-state index contributed by atoms with van der Waals surface area (Å²) in [5, 5.41) is 14.3. The molecule has 2 aromatic rings. The Morgan fingerprint density at radius 3 is 3.00 bits per heavy atom. The molecule has 0 bridgehead atoms. The highest BCUT2D eigenvalue weighted by Gasteiger charge is 2.06. The summed E-state index contributed by atoms with van der Waals surface area (Å²) in [7, 11) is 0. The van der Waals surface area contributed by atoms with Crippen LogP contribution in [0.15, 0.2) is 23.6 Å². The van der Waals surface area contributed by atoms with Crippen molar-refractivity contribution < 1.29 is 14.3 Å². The van der Waals surface area contributed by atoms with Crippen LogP contribution in [0, 0.1) is 12.7 Å². The summed E-state index contributed by atoms with van der Waals surface area (Å²) >= 11 is 1.39. The quantitative estimate of drug-likeness (QED) is 0.860. The van der Waals surface area contributed by atoms with Gasteiger partial charge in [-0.1, -0.05) is 6.07 Å². The minimum absolute atomic E-state index is 0.0603. The fourth-order valence-electron chi connectivity index (χ4n) is 1.87. The molecule has 1 aromatic heterocycles. The molecule has 0 radical (unpaired) electrons. The van der Waals surface area contributed by atoms with Gasteiger partial charge in [0, 0.05) is 11.9 Å². The molecule has 2 rings (SSSR count).